The Morgan fingerprint density at radius 2 is 1.92 bits per heavy atom. The van der Waals surface area contributed by atoms with E-state index < -0.39 is 0 Å². The van der Waals surface area contributed by atoms with Crippen LogP contribution >= 0.6 is 11.6 Å². The monoisotopic (exact) mass is 354 g/mol. The molecule has 0 aliphatic rings. The van der Waals surface area contributed by atoms with E-state index >= 15 is 0 Å². The van der Waals surface area contributed by atoms with Crippen LogP contribution in [0.15, 0.2) is 59.1 Å². The number of amides is 1. The van der Waals surface area contributed by atoms with E-state index in [-0.39, 0.29) is 5.91 Å². The molecule has 3 rings (SSSR count). The zero-order valence-corrected chi connectivity index (χ0v) is 14.7. The molecule has 0 spiro atoms. The Labute approximate surface area is 151 Å². The van der Waals surface area contributed by atoms with Crippen LogP contribution in [0.5, 0.6) is 0 Å². The molecule has 0 unspecified atom stereocenters. The molecular weight excluding hydrogens is 336 g/mol. The van der Waals surface area contributed by atoms with Crippen molar-refractivity contribution < 1.29 is 9.21 Å². The van der Waals surface area contributed by atoms with E-state index in [2.05, 4.69) is 10.3 Å². The first kappa shape index (κ1) is 17.2. The van der Waals surface area contributed by atoms with Crippen molar-refractivity contribution in [3.63, 3.8) is 0 Å². The Balaban J connectivity index is 1.53. The quantitative estimate of drug-likeness (QED) is 0.706. The van der Waals surface area contributed by atoms with Crippen LogP contribution in [0.4, 0.5) is 0 Å². The lowest BCUT2D eigenvalue weighted by Crippen LogP contribution is -2.23. The van der Waals surface area contributed by atoms with Crippen molar-refractivity contribution in [2.45, 2.75) is 26.3 Å². The van der Waals surface area contributed by atoms with Crippen molar-refractivity contribution >= 4 is 17.5 Å². The minimum atomic E-state index is -0.0271. The molecule has 25 heavy (non-hydrogen) atoms. The van der Waals surface area contributed by atoms with Crippen molar-refractivity contribution in [2.75, 3.05) is 0 Å². The molecular formula is C20H19ClN2O2. The summed E-state index contributed by atoms with van der Waals surface area (Å²) in [6.07, 6.45) is 2.42. The van der Waals surface area contributed by atoms with E-state index in [0.29, 0.717) is 36.1 Å². The van der Waals surface area contributed by atoms with Gasteiger partial charge in [-0.05, 0) is 30.2 Å². The molecule has 0 fully saturated rings. The first-order chi connectivity index (χ1) is 12.1. The van der Waals surface area contributed by atoms with Crippen molar-refractivity contribution in [1.29, 1.82) is 0 Å². The Morgan fingerprint density at radius 1 is 1.16 bits per heavy atom. The molecule has 128 valence electrons. The lowest BCUT2D eigenvalue weighted by atomic mass is 10.1. The van der Waals surface area contributed by atoms with E-state index in [4.69, 9.17) is 16.0 Å². The third kappa shape index (κ3) is 4.48. The summed E-state index contributed by atoms with van der Waals surface area (Å²) in [6, 6.07) is 15.4. The molecule has 0 radical (unpaired) electrons. The van der Waals surface area contributed by atoms with Gasteiger partial charge in [-0.1, -0.05) is 48.0 Å². The number of aromatic nitrogens is 1. The summed E-state index contributed by atoms with van der Waals surface area (Å²) >= 11 is 6.16. The topological polar surface area (TPSA) is 55.1 Å². The molecule has 0 saturated carbocycles. The molecule has 0 saturated heterocycles. The van der Waals surface area contributed by atoms with Crippen LogP contribution in [0.25, 0.3) is 11.3 Å². The average molecular weight is 355 g/mol. The maximum atomic E-state index is 12.0. The van der Waals surface area contributed by atoms with Gasteiger partial charge in [-0.25, -0.2) is 4.98 Å². The minimum Gasteiger partial charge on any atom is -0.441 e. The summed E-state index contributed by atoms with van der Waals surface area (Å²) in [5.41, 5.74) is 3.08. The molecule has 1 N–H and O–H groups in total. The molecule has 2 aromatic carbocycles. The van der Waals surface area contributed by atoms with E-state index in [0.717, 1.165) is 11.1 Å². The van der Waals surface area contributed by atoms with Crippen molar-refractivity contribution in [2.24, 2.45) is 0 Å². The Kier molecular flexibility index (Phi) is 5.51. The summed E-state index contributed by atoms with van der Waals surface area (Å²) in [5.74, 6) is 1.11. The van der Waals surface area contributed by atoms with Crippen LogP contribution < -0.4 is 5.32 Å². The van der Waals surface area contributed by atoms with E-state index in [1.165, 1.54) is 5.56 Å². The third-order valence-corrected chi connectivity index (χ3v) is 4.33. The van der Waals surface area contributed by atoms with Gasteiger partial charge in [0, 0.05) is 24.9 Å². The predicted octanol–water partition coefficient (Wildman–Crippen LogP) is 4.55. The smallest absolute Gasteiger partial charge is 0.220 e. The zero-order chi connectivity index (χ0) is 17.6. The first-order valence-electron chi connectivity index (χ1n) is 8.14. The molecule has 0 atom stereocenters. The Morgan fingerprint density at radius 3 is 2.72 bits per heavy atom. The van der Waals surface area contributed by atoms with Crippen molar-refractivity contribution in [1.82, 2.24) is 10.3 Å². The van der Waals surface area contributed by atoms with Gasteiger partial charge < -0.3 is 9.73 Å². The van der Waals surface area contributed by atoms with Crippen LogP contribution in [-0.2, 0) is 17.8 Å². The third-order valence-electron chi connectivity index (χ3n) is 4.00. The number of hydrogen-bond donors (Lipinski definition) is 1. The SMILES string of the molecule is Cc1ccccc1CNC(=O)CCc1ncc(-c2ccccc2Cl)o1. The maximum Gasteiger partial charge on any atom is 0.220 e. The highest BCUT2D eigenvalue weighted by molar-refractivity contribution is 6.33. The van der Waals surface area contributed by atoms with Gasteiger partial charge in [0.05, 0.1) is 11.2 Å². The van der Waals surface area contributed by atoms with E-state index in [1.807, 2.05) is 49.4 Å². The van der Waals surface area contributed by atoms with E-state index in [1.54, 1.807) is 12.3 Å². The molecule has 3 aromatic rings. The number of aryl methyl sites for hydroxylation is 2. The highest BCUT2D eigenvalue weighted by Crippen LogP contribution is 2.28. The number of nitrogens with one attached hydrogen (secondary N) is 1. The molecule has 1 heterocycles. The molecule has 4 nitrogen and oxygen atoms in total. The number of benzene rings is 2. The largest absolute Gasteiger partial charge is 0.441 e. The highest BCUT2D eigenvalue weighted by atomic mass is 35.5. The molecule has 1 aromatic heterocycles. The van der Waals surface area contributed by atoms with Crippen LogP contribution in [0.1, 0.15) is 23.4 Å². The molecule has 5 heteroatoms. The highest BCUT2D eigenvalue weighted by Gasteiger charge is 2.11. The fraction of sp³-hybridized carbons (Fsp3) is 0.200. The summed E-state index contributed by atoms with van der Waals surface area (Å²) in [4.78, 5) is 16.3. The van der Waals surface area contributed by atoms with Gasteiger partial charge in [0.25, 0.3) is 0 Å². The van der Waals surface area contributed by atoms with Crippen LogP contribution in [0.3, 0.4) is 0 Å². The lowest BCUT2D eigenvalue weighted by Gasteiger charge is -2.07. The number of halogens is 1. The second-order valence-corrected chi connectivity index (χ2v) is 6.21. The summed E-state index contributed by atoms with van der Waals surface area (Å²) in [7, 11) is 0. The lowest BCUT2D eigenvalue weighted by molar-refractivity contribution is -0.121. The average Bonchev–Trinajstić information content (AvgIpc) is 3.08. The number of carbonyl (C=O) groups is 1. The van der Waals surface area contributed by atoms with Crippen LogP contribution in [-0.4, -0.2) is 10.9 Å². The number of hydrogen-bond acceptors (Lipinski definition) is 3. The van der Waals surface area contributed by atoms with Gasteiger partial charge >= 0.3 is 0 Å². The van der Waals surface area contributed by atoms with Crippen molar-refractivity contribution in [3.8, 4) is 11.3 Å². The zero-order valence-electron chi connectivity index (χ0n) is 14.0. The fourth-order valence-electron chi connectivity index (χ4n) is 2.52. The number of rotatable bonds is 6. The molecule has 0 bridgehead atoms. The number of oxazole rings is 1. The van der Waals surface area contributed by atoms with Gasteiger partial charge in [0.2, 0.25) is 5.91 Å². The Bertz CT molecular complexity index is 873. The van der Waals surface area contributed by atoms with Gasteiger partial charge in [-0.2, -0.15) is 0 Å². The second-order valence-electron chi connectivity index (χ2n) is 5.80. The van der Waals surface area contributed by atoms with Crippen LogP contribution in [0.2, 0.25) is 5.02 Å². The summed E-state index contributed by atoms with van der Waals surface area (Å²) in [6.45, 7) is 2.56. The molecule has 1 amide bonds. The van der Waals surface area contributed by atoms with Gasteiger partial charge in [0.1, 0.15) is 0 Å². The van der Waals surface area contributed by atoms with Crippen LogP contribution in [0, 0.1) is 6.92 Å². The predicted molar refractivity (Wildman–Crippen MR) is 98.3 cm³/mol. The fourth-order valence-corrected chi connectivity index (χ4v) is 2.75. The first-order valence-corrected chi connectivity index (χ1v) is 8.52. The van der Waals surface area contributed by atoms with E-state index in [9.17, 15) is 4.79 Å². The van der Waals surface area contributed by atoms with Gasteiger partial charge in [-0.3, -0.25) is 4.79 Å². The number of carbonyl (C=O) groups excluding carboxylic acids is 1. The van der Waals surface area contributed by atoms with Gasteiger partial charge in [-0.15, -0.1) is 0 Å². The standard InChI is InChI=1S/C20H19ClN2O2/c1-14-6-2-3-7-15(14)12-22-19(24)10-11-20-23-13-18(25-20)16-8-4-5-9-17(16)21/h2-9,13H,10-12H2,1H3,(H,22,24). The maximum absolute atomic E-state index is 12.0. The molecule has 0 aliphatic carbocycles. The minimum absolute atomic E-state index is 0.0271. The number of nitrogens with zero attached hydrogens (tertiary/aromatic N) is 1. The second kappa shape index (κ2) is 7.99. The summed E-state index contributed by atoms with van der Waals surface area (Å²) in [5, 5.41) is 3.54. The summed E-state index contributed by atoms with van der Waals surface area (Å²) < 4.78 is 5.71. The normalized spacial score (nSPS) is 10.6. The molecule has 0 aliphatic heterocycles. The Hall–Kier alpha value is -2.59. The van der Waals surface area contributed by atoms with Gasteiger partial charge in [0.15, 0.2) is 11.7 Å². The van der Waals surface area contributed by atoms with Crippen molar-refractivity contribution in [3.05, 3.63) is 76.8 Å².